The van der Waals surface area contributed by atoms with Crippen LogP contribution in [0.1, 0.15) is 5.56 Å². The summed E-state index contributed by atoms with van der Waals surface area (Å²) in [6, 6.07) is 8.01. The molecule has 0 saturated carbocycles. The molecule has 0 bridgehead atoms. The van der Waals surface area contributed by atoms with Crippen molar-refractivity contribution in [3.05, 3.63) is 29.8 Å². The molecule has 0 aromatic heterocycles. The summed E-state index contributed by atoms with van der Waals surface area (Å²) in [5.74, 6) is 0.891. The fraction of sp³-hybridized carbons (Fsp3) is 0.364. The van der Waals surface area contributed by atoms with Crippen molar-refractivity contribution in [3.8, 4) is 0 Å². The Kier molecular flexibility index (Phi) is 3.32. The van der Waals surface area contributed by atoms with Gasteiger partial charge in [-0.05, 0) is 17.7 Å². The molecule has 1 aromatic carbocycles. The molecule has 0 atom stereocenters. The highest BCUT2D eigenvalue weighted by Crippen LogP contribution is 2.09. The van der Waals surface area contributed by atoms with Crippen LogP contribution in [0.15, 0.2) is 29.3 Å². The van der Waals surface area contributed by atoms with Crippen molar-refractivity contribution in [2.45, 2.75) is 6.54 Å². The molecule has 4 nitrogen and oxygen atoms in total. The third kappa shape index (κ3) is 2.78. The quantitative estimate of drug-likeness (QED) is 0.756. The average molecular weight is 205 g/mol. The van der Waals surface area contributed by atoms with E-state index in [2.05, 4.69) is 10.3 Å². The molecule has 4 heteroatoms. The lowest BCUT2D eigenvalue weighted by molar-refractivity contribution is 0.171. The Hall–Kier alpha value is -1.39. The van der Waals surface area contributed by atoms with Gasteiger partial charge in [0.05, 0.1) is 13.2 Å². The van der Waals surface area contributed by atoms with Gasteiger partial charge in [-0.3, -0.25) is 4.99 Å². The molecular formula is C11H15N3O. The number of aliphatic imine (C=N–C) groups is 1. The topological polar surface area (TPSA) is 59.6 Å². The summed E-state index contributed by atoms with van der Waals surface area (Å²) < 4.78 is 5.29. The molecule has 1 aliphatic heterocycles. The molecule has 0 fully saturated rings. The lowest BCUT2D eigenvalue weighted by Gasteiger charge is -2.14. The Morgan fingerprint density at radius 1 is 1.33 bits per heavy atom. The minimum Gasteiger partial charge on any atom is -0.372 e. The zero-order valence-electron chi connectivity index (χ0n) is 8.57. The predicted octanol–water partition coefficient (Wildman–Crippen LogP) is 0.986. The minimum absolute atomic E-state index is 0.568. The molecule has 1 heterocycles. The van der Waals surface area contributed by atoms with Crippen LogP contribution in [0.5, 0.6) is 0 Å². The van der Waals surface area contributed by atoms with Crippen LogP contribution in [0, 0.1) is 0 Å². The standard InChI is InChI=1S/C11H15N3O/c12-7-9-1-3-10(4-2-9)14-11-8-15-6-5-13-11/h1-4H,5-8,12H2,(H,13,14). The predicted molar refractivity (Wildman–Crippen MR) is 61.1 cm³/mol. The number of anilines is 1. The first-order valence-corrected chi connectivity index (χ1v) is 5.05. The van der Waals surface area contributed by atoms with E-state index in [9.17, 15) is 0 Å². The van der Waals surface area contributed by atoms with Gasteiger partial charge in [-0.1, -0.05) is 12.1 Å². The van der Waals surface area contributed by atoms with Crippen LogP contribution < -0.4 is 11.1 Å². The molecule has 0 aliphatic carbocycles. The van der Waals surface area contributed by atoms with Crippen molar-refractivity contribution in [1.29, 1.82) is 0 Å². The highest BCUT2D eigenvalue weighted by Gasteiger charge is 2.04. The molecule has 1 aliphatic rings. The van der Waals surface area contributed by atoms with E-state index in [1.165, 1.54) is 0 Å². The second-order valence-corrected chi connectivity index (χ2v) is 3.41. The van der Waals surface area contributed by atoms with Crippen molar-refractivity contribution in [2.24, 2.45) is 10.7 Å². The maximum absolute atomic E-state index is 5.52. The molecule has 3 N–H and O–H groups in total. The molecule has 0 saturated heterocycles. The third-order valence-corrected chi connectivity index (χ3v) is 2.26. The van der Waals surface area contributed by atoms with Gasteiger partial charge in [-0.2, -0.15) is 0 Å². The number of amidine groups is 1. The fourth-order valence-electron chi connectivity index (χ4n) is 1.43. The largest absolute Gasteiger partial charge is 0.372 e. The monoisotopic (exact) mass is 205 g/mol. The Bertz CT molecular complexity index is 345. The fourth-order valence-corrected chi connectivity index (χ4v) is 1.43. The highest BCUT2D eigenvalue weighted by atomic mass is 16.5. The summed E-state index contributed by atoms with van der Waals surface area (Å²) in [6.45, 7) is 2.60. The molecule has 1 aromatic rings. The molecule has 2 rings (SSSR count). The van der Waals surface area contributed by atoms with E-state index in [0.717, 1.165) is 30.2 Å². The number of nitrogens with zero attached hydrogens (tertiary/aromatic N) is 1. The summed E-state index contributed by atoms with van der Waals surface area (Å²) >= 11 is 0. The zero-order chi connectivity index (χ0) is 10.5. The van der Waals surface area contributed by atoms with E-state index in [1.807, 2.05) is 24.3 Å². The number of nitrogens with one attached hydrogen (secondary N) is 1. The Morgan fingerprint density at radius 3 is 2.73 bits per heavy atom. The maximum atomic E-state index is 5.52. The van der Waals surface area contributed by atoms with Crippen molar-refractivity contribution < 1.29 is 4.74 Å². The smallest absolute Gasteiger partial charge is 0.127 e. The number of hydrogen-bond acceptors (Lipinski definition) is 4. The maximum Gasteiger partial charge on any atom is 0.127 e. The van der Waals surface area contributed by atoms with E-state index < -0.39 is 0 Å². The van der Waals surface area contributed by atoms with E-state index in [4.69, 9.17) is 10.5 Å². The van der Waals surface area contributed by atoms with Crippen LogP contribution in [-0.4, -0.2) is 25.6 Å². The second-order valence-electron chi connectivity index (χ2n) is 3.41. The van der Waals surface area contributed by atoms with Crippen LogP contribution in [-0.2, 0) is 11.3 Å². The van der Waals surface area contributed by atoms with E-state index in [-0.39, 0.29) is 0 Å². The Labute approximate surface area is 89.1 Å². The molecule has 15 heavy (non-hydrogen) atoms. The SMILES string of the molecule is NCc1ccc(NC2=NCCOC2)cc1. The summed E-state index contributed by atoms with van der Waals surface area (Å²) in [6.07, 6.45) is 0. The number of hydrogen-bond donors (Lipinski definition) is 2. The van der Waals surface area contributed by atoms with Crippen LogP contribution in [0.2, 0.25) is 0 Å². The first-order valence-electron chi connectivity index (χ1n) is 5.05. The van der Waals surface area contributed by atoms with Gasteiger partial charge in [0.25, 0.3) is 0 Å². The Balaban J connectivity index is 2.00. The van der Waals surface area contributed by atoms with E-state index in [1.54, 1.807) is 0 Å². The molecule has 0 amide bonds. The lowest BCUT2D eigenvalue weighted by atomic mass is 10.2. The van der Waals surface area contributed by atoms with Crippen LogP contribution in [0.25, 0.3) is 0 Å². The first kappa shape index (κ1) is 10.1. The van der Waals surface area contributed by atoms with E-state index in [0.29, 0.717) is 13.2 Å². The summed E-state index contributed by atoms with van der Waals surface area (Å²) in [5.41, 5.74) is 7.67. The van der Waals surface area contributed by atoms with Gasteiger partial charge in [0.2, 0.25) is 0 Å². The van der Waals surface area contributed by atoms with Gasteiger partial charge in [0.1, 0.15) is 12.4 Å². The molecule has 0 radical (unpaired) electrons. The number of benzene rings is 1. The lowest BCUT2D eigenvalue weighted by Crippen LogP contribution is -2.24. The van der Waals surface area contributed by atoms with Gasteiger partial charge >= 0.3 is 0 Å². The molecule has 0 unspecified atom stereocenters. The van der Waals surface area contributed by atoms with E-state index >= 15 is 0 Å². The number of ether oxygens (including phenoxy) is 1. The average Bonchev–Trinajstić information content (AvgIpc) is 2.31. The summed E-state index contributed by atoms with van der Waals surface area (Å²) in [7, 11) is 0. The normalized spacial score (nSPS) is 15.9. The first-order chi connectivity index (χ1) is 7.38. The van der Waals surface area contributed by atoms with Crippen molar-refractivity contribution in [3.63, 3.8) is 0 Å². The second kappa shape index (κ2) is 4.91. The van der Waals surface area contributed by atoms with Crippen LogP contribution in [0.4, 0.5) is 5.69 Å². The van der Waals surface area contributed by atoms with Crippen LogP contribution in [0.3, 0.4) is 0 Å². The Morgan fingerprint density at radius 2 is 2.13 bits per heavy atom. The van der Waals surface area contributed by atoms with Crippen LogP contribution >= 0.6 is 0 Å². The number of nitrogens with two attached hydrogens (primary N) is 1. The van der Waals surface area contributed by atoms with Gasteiger partial charge in [0.15, 0.2) is 0 Å². The summed E-state index contributed by atoms with van der Waals surface area (Å²) in [5, 5.41) is 3.22. The van der Waals surface area contributed by atoms with Gasteiger partial charge in [0, 0.05) is 12.2 Å². The van der Waals surface area contributed by atoms with Crippen molar-refractivity contribution >= 4 is 11.5 Å². The van der Waals surface area contributed by atoms with Gasteiger partial charge < -0.3 is 15.8 Å². The minimum atomic E-state index is 0.568. The van der Waals surface area contributed by atoms with Gasteiger partial charge in [-0.15, -0.1) is 0 Å². The molecular weight excluding hydrogens is 190 g/mol. The van der Waals surface area contributed by atoms with Crippen molar-refractivity contribution in [1.82, 2.24) is 0 Å². The number of rotatable bonds is 2. The van der Waals surface area contributed by atoms with Gasteiger partial charge in [-0.25, -0.2) is 0 Å². The molecule has 0 spiro atoms. The van der Waals surface area contributed by atoms with Crippen molar-refractivity contribution in [2.75, 3.05) is 25.1 Å². The highest BCUT2D eigenvalue weighted by molar-refractivity contribution is 5.96. The third-order valence-electron chi connectivity index (χ3n) is 2.26. The molecule has 80 valence electrons. The summed E-state index contributed by atoms with van der Waals surface area (Å²) in [4.78, 5) is 4.32. The zero-order valence-corrected chi connectivity index (χ0v) is 8.57.